The van der Waals surface area contributed by atoms with Crippen molar-refractivity contribution in [2.24, 2.45) is 0 Å². The van der Waals surface area contributed by atoms with Crippen LogP contribution in [-0.2, 0) is 4.79 Å². The Balaban J connectivity index is 2.96. The Morgan fingerprint density at radius 2 is 2.14 bits per heavy atom. The number of aliphatic hydroxyl groups excluding tert-OH is 2. The minimum Gasteiger partial charge on any atom is -0.496 e. The van der Waals surface area contributed by atoms with Crippen LogP contribution >= 0.6 is 11.8 Å². The summed E-state index contributed by atoms with van der Waals surface area (Å²) in [6, 6.07) is 4.14. The molecule has 0 radical (unpaired) electrons. The molecule has 7 nitrogen and oxygen atoms in total. The number of hydrogen-bond acceptors (Lipinski definition) is 7. The molecule has 116 valence electrons. The van der Waals surface area contributed by atoms with Gasteiger partial charge in [0.1, 0.15) is 17.4 Å². The number of nitro groups is 1. The number of nitrogens with zero attached hydrogens (tertiary/aromatic N) is 1. The monoisotopic (exact) mass is 315 g/mol. The fourth-order valence-corrected chi connectivity index (χ4v) is 2.49. The normalized spacial score (nSPS) is 13.5. The summed E-state index contributed by atoms with van der Waals surface area (Å²) in [4.78, 5) is 21.2. The third-order valence-corrected chi connectivity index (χ3v) is 3.69. The van der Waals surface area contributed by atoms with Gasteiger partial charge in [-0.2, -0.15) is 0 Å². The van der Waals surface area contributed by atoms with Crippen molar-refractivity contribution in [1.82, 2.24) is 0 Å². The minimum atomic E-state index is -1.46. The van der Waals surface area contributed by atoms with E-state index >= 15 is 0 Å². The van der Waals surface area contributed by atoms with Crippen molar-refractivity contribution in [3.63, 3.8) is 0 Å². The number of rotatable bonds is 7. The Kier molecular flexibility index (Phi) is 6.60. The molecule has 0 fully saturated rings. The van der Waals surface area contributed by atoms with Crippen LogP contribution in [0.15, 0.2) is 18.2 Å². The number of methoxy groups -OCH3 is 1. The lowest BCUT2D eigenvalue weighted by atomic mass is 10.00. The zero-order valence-corrected chi connectivity index (χ0v) is 12.5. The lowest BCUT2D eigenvalue weighted by Crippen LogP contribution is -2.21. The molecule has 0 bridgehead atoms. The zero-order valence-electron chi connectivity index (χ0n) is 11.7. The summed E-state index contributed by atoms with van der Waals surface area (Å²) in [6.07, 6.45) is -2.57. The quantitative estimate of drug-likeness (QED) is 0.581. The van der Waals surface area contributed by atoms with Gasteiger partial charge in [0.25, 0.3) is 5.69 Å². The fraction of sp³-hybridized carbons (Fsp3) is 0.462. The van der Waals surface area contributed by atoms with E-state index in [1.54, 1.807) is 0 Å². The molecule has 0 aliphatic carbocycles. The molecule has 0 saturated carbocycles. The molecule has 0 aromatic heterocycles. The van der Waals surface area contributed by atoms with E-state index in [0.717, 1.165) is 11.8 Å². The first kappa shape index (κ1) is 17.4. The molecule has 2 N–H and O–H groups in total. The molecule has 1 aromatic rings. The molecular formula is C13H17NO6S. The Morgan fingerprint density at radius 1 is 1.48 bits per heavy atom. The van der Waals surface area contributed by atoms with Gasteiger partial charge in [0.15, 0.2) is 5.12 Å². The molecule has 0 heterocycles. The Morgan fingerprint density at radius 3 is 2.67 bits per heavy atom. The average molecular weight is 315 g/mol. The van der Waals surface area contributed by atoms with Crippen LogP contribution in [0.5, 0.6) is 5.75 Å². The zero-order chi connectivity index (χ0) is 16.0. The summed E-state index contributed by atoms with van der Waals surface area (Å²) in [7, 11) is 1.33. The van der Waals surface area contributed by atoms with E-state index in [1.807, 2.05) is 0 Å². The van der Waals surface area contributed by atoms with Crippen LogP contribution in [-0.4, -0.2) is 39.2 Å². The van der Waals surface area contributed by atoms with Crippen LogP contribution in [0.1, 0.15) is 25.0 Å². The Hall–Kier alpha value is -1.64. The Labute approximate surface area is 126 Å². The van der Waals surface area contributed by atoms with Gasteiger partial charge in [-0.3, -0.25) is 14.9 Å². The van der Waals surface area contributed by atoms with Crippen molar-refractivity contribution in [2.75, 3.05) is 12.9 Å². The van der Waals surface area contributed by atoms with Crippen molar-refractivity contribution < 1.29 is 24.7 Å². The number of nitro benzene ring substituents is 1. The van der Waals surface area contributed by atoms with E-state index in [0.29, 0.717) is 5.75 Å². The predicted octanol–water partition coefficient (Wildman–Crippen LogP) is 1.67. The van der Waals surface area contributed by atoms with Gasteiger partial charge in [0.2, 0.25) is 0 Å². The number of benzene rings is 1. The standard InChI is InChI=1S/C13H17NO6S/c1-8(15)21-7-6-10(16)13(17)12-9(14(18)19)4-3-5-11(12)20-2/h3-5,10,13,16-17H,6-7H2,1-2H3. The predicted molar refractivity (Wildman–Crippen MR) is 78.4 cm³/mol. The fourth-order valence-electron chi connectivity index (χ4n) is 1.84. The first-order valence-corrected chi connectivity index (χ1v) is 7.17. The van der Waals surface area contributed by atoms with Crippen LogP contribution in [0.4, 0.5) is 5.69 Å². The van der Waals surface area contributed by atoms with E-state index < -0.39 is 17.1 Å². The highest BCUT2D eigenvalue weighted by atomic mass is 32.2. The van der Waals surface area contributed by atoms with Crippen molar-refractivity contribution in [3.8, 4) is 5.75 Å². The van der Waals surface area contributed by atoms with E-state index in [9.17, 15) is 25.1 Å². The highest BCUT2D eigenvalue weighted by Gasteiger charge is 2.29. The van der Waals surface area contributed by atoms with Crippen molar-refractivity contribution in [3.05, 3.63) is 33.9 Å². The number of carbonyl (C=O) groups is 1. The molecule has 1 rings (SSSR count). The third-order valence-electron chi connectivity index (χ3n) is 2.84. The van der Waals surface area contributed by atoms with Crippen LogP contribution in [0.25, 0.3) is 0 Å². The first-order valence-electron chi connectivity index (χ1n) is 6.19. The van der Waals surface area contributed by atoms with Crippen LogP contribution < -0.4 is 4.74 Å². The van der Waals surface area contributed by atoms with E-state index in [2.05, 4.69) is 0 Å². The van der Waals surface area contributed by atoms with E-state index in [-0.39, 0.29) is 28.5 Å². The molecule has 2 unspecified atom stereocenters. The summed E-state index contributed by atoms with van der Waals surface area (Å²) < 4.78 is 5.02. The molecule has 0 aliphatic rings. The largest absolute Gasteiger partial charge is 0.496 e. The minimum absolute atomic E-state index is 0.0645. The van der Waals surface area contributed by atoms with Crippen molar-refractivity contribution in [1.29, 1.82) is 0 Å². The maximum absolute atomic E-state index is 11.0. The molecule has 0 aliphatic heterocycles. The lowest BCUT2D eigenvalue weighted by molar-refractivity contribution is -0.386. The number of carbonyl (C=O) groups excluding carboxylic acids is 1. The number of aliphatic hydroxyl groups is 2. The summed E-state index contributed by atoms with van der Waals surface area (Å²) in [5, 5.41) is 31.1. The van der Waals surface area contributed by atoms with Gasteiger partial charge in [0, 0.05) is 18.7 Å². The molecule has 8 heteroatoms. The van der Waals surface area contributed by atoms with Gasteiger partial charge in [-0.25, -0.2) is 0 Å². The van der Waals surface area contributed by atoms with Crippen molar-refractivity contribution >= 4 is 22.6 Å². The van der Waals surface area contributed by atoms with Gasteiger partial charge < -0.3 is 14.9 Å². The number of hydrogen-bond donors (Lipinski definition) is 2. The van der Waals surface area contributed by atoms with Gasteiger partial charge in [-0.05, 0) is 12.5 Å². The summed E-state index contributed by atoms with van der Waals surface area (Å²) in [6.45, 7) is 1.40. The highest BCUT2D eigenvalue weighted by molar-refractivity contribution is 8.13. The van der Waals surface area contributed by atoms with Gasteiger partial charge in [0.05, 0.1) is 18.1 Å². The smallest absolute Gasteiger partial charge is 0.279 e. The van der Waals surface area contributed by atoms with E-state index in [4.69, 9.17) is 4.74 Å². The number of thioether (sulfide) groups is 1. The SMILES string of the molecule is COc1cccc([N+](=O)[O-])c1C(O)C(O)CCSC(C)=O. The lowest BCUT2D eigenvalue weighted by Gasteiger charge is -2.19. The molecule has 21 heavy (non-hydrogen) atoms. The Bertz CT molecular complexity index is 521. The summed E-state index contributed by atoms with van der Waals surface area (Å²) >= 11 is 1.02. The van der Waals surface area contributed by atoms with Gasteiger partial charge in [-0.15, -0.1) is 0 Å². The number of ether oxygens (including phenoxy) is 1. The molecule has 0 spiro atoms. The van der Waals surface area contributed by atoms with Crippen LogP contribution in [0.2, 0.25) is 0 Å². The second-order valence-corrected chi connectivity index (χ2v) is 5.56. The summed E-state index contributed by atoms with van der Waals surface area (Å²) in [5.74, 6) is 0.450. The third kappa shape index (κ3) is 4.69. The van der Waals surface area contributed by atoms with Crippen LogP contribution in [0.3, 0.4) is 0 Å². The molecule has 2 atom stereocenters. The topological polar surface area (TPSA) is 110 Å². The van der Waals surface area contributed by atoms with Crippen LogP contribution in [0, 0.1) is 10.1 Å². The maximum atomic E-state index is 11.0. The molecular weight excluding hydrogens is 298 g/mol. The molecule has 1 aromatic carbocycles. The van der Waals surface area contributed by atoms with Gasteiger partial charge >= 0.3 is 0 Å². The van der Waals surface area contributed by atoms with E-state index in [1.165, 1.54) is 32.2 Å². The summed E-state index contributed by atoms with van der Waals surface area (Å²) in [5.41, 5.74) is -0.384. The molecule has 0 saturated heterocycles. The van der Waals surface area contributed by atoms with Crippen molar-refractivity contribution in [2.45, 2.75) is 25.6 Å². The second kappa shape index (κ2) is 7.96. The van der Waals surface area contributed by atoms with Gasteiger partial charge in [-0.1, -0.05) is 17.8 Å². The molecule has 0 amide bonds. The average Bonchev–Trinajstić information content (AvgIpc) is 2.44. The second-order valence-electron chi connectivity index (χ2n) is 4.29. The first-order chi connectivity index (χ1) is 9.88. The maximum Gasteiger partial charge on any atom is 0.279 e. The highest BCUT2D eigenvalue weighted by Crippen LogP contribution is 2.36.